The number of carbonyl (C=O) groups excluding carboxylic acids is 2. The van der Waals surface area contributed by atoms with Crippen molar-refractivity contribution in [3.05, 3.63) is 119 Å². The molecule has 0 spiro atoms. The Hall–Kier alpha value is -2.12. The molecule has 2 aliphatic carbocycles. The molecule has 0 bridgehead atoms. The first-order chi connectivity index (χ1) is 26.1. The molecule has 2 aromatic carbocycles. The van der Waals surface area contributed by atoms with Crippen molar-refractivity contribution in [2.24, 2.45) is 10.2 Å². The van der Waals surface area contributed by atoms with Gasteiger partial charge in [-0.3, -0.25) is 30.4 Å². The minimum atomic E-state index is -5.28. The number of rotatable bonds is 10. The summed E-state index contributed by atoms with van der Waals surface area (Å²) in [6, 6.07) is 11.1. The second kappa shape index (κ2) is 21.0. The molecule has 28 heteroatoms. The number of anilines is 2. The summed E-state index contributed by atoms with van der Waals surface area (Å²) in [5.41, 5.74) is 1.09. The van der Waals surface area contributed by atoms with E-state index in [9.17, 15) is 61.5 Å². The van der Waals surface area contributed by atoms with E-state index in [-0.39, 0.29) is 152 Å². The number of aromatic nitrogens is 2. The maximum absolute atomic E-state index is 12.9. The van der Waals surface area contributed by atoms with Crippen LogP contribution in [-0.4, -0.2) is 84.8 Å². The zero-order valence-corrected chi connectivity index (χ0v) is 42.6. The second-order valence-corrected chi connectivity index (χ2v) is 16.7. The molecule has 6 rings (SSSR count). The van der Waals surface area contributed by atoms with Gasteiger partial charge in [0.05, 0.1) is 31.0 Å². The van der Waals surface area contributed by atoms with E-state index in [1.165, 1.54) is 48.8 Å². The van der Waals surface area contributed by atoms with Crippen LogP contribution in [0.5, 0.6) is 0 Å². The number of nitrogens with zero attached hydrogens (tertiary/aromatic N) is 4. The molecule has 60 heavy (non-hydrogen) atoms. The Morgan fingerprint density at radius 1 is 0.517 bits per heavy atom. The molecular formula is C32H18N6Na4O14S4. The first-order valence-electron chi connectivity index (χ1n) is 15.0. The number of ketones is 2. The van der Waals surface area contributed by atoms with Crippen LogP contribution in [0.2, 0.25) is 0 Å². The van der Waals surface area contributed by atoms with Crippen LogP contribution in [0.15, 0.2) is 105 Å². The monoisotopic (exact) mass is 930 g/mol. The maximum atomic E-state index is 12.9. The van der Waals surface area contributed by atoms with Crippen molar-refractivity contribution in [3.63, 3.8) is 0 Å². The average Bonchev–Trinajstić information content (AvgIpc) is 3.12. The molecule has 2 N–H and O–H groups in total. The number of Topliss-reactive ketones (excluding diaryl/α,β-unsaturated/α-hetero) is 2. The number of hydrazone groups is 2. The number of carbonyl (C=O) groups is 2. The number of benzene rings is 2. The average molecular weight is 931 g/mol. The Balaban J connectivity index is 0.00000310. The van der Waals surface area contributed by atoms with E-state index in [0.29, 0.717) is 12.2 Å². The van der Waals surface area contributed by atoms with Gasteiger partial charge >= 0.3 is 118 Å². The van der Waals surface area contributed by atoms with Crippen LogP contribution in [-0.2, 0) is 40.5 Å². The van der Waals surface area contributed by atoms with Gasteiger partial charge in [-0.2, -0.15) is 10.2 Å². The van der Waals surface area contributed by atoms with Gasteiger partial charge < -0.3 is 18.2 Å². The molecule has 0 aliphatic heterocycles. The normalized spacial score (nSPS) is 15.3. The number of hydrogen-bond donors (Lipinski definition) is 2. The van der Waals surface area contributed by atoms with E-state index in [2.05, 4.69) is 31.0 Å². The molecule has 2 heterocycles. The topological polar surface area (TPSA) is 337 Å². The fourth-order valence-electron chi connectivity index (χ4n) is 5.27. The first-order valence-corrected chi connectivity index (χ1v) is 20.7. The van der Waals surface area contributed by atoms with Crippen molar-refractivity contribution in [1.82, 2.24) is 9.97 Å². The Morgan fingerprint density at radius 3 is 1.18 bits per heavy atom. The van der Waals surface area contributed by atoms with Gasteiger partial charge in [-0.05, 0) is 71.8 Å². The van der Waals surface area contributed by atoms with Crippen LogP contribution in [0.4, 0.5) is 11.4 Å². The third-order valence-corrected chi connectivity index (χ3v) is 11.3. The van der Waals surface area contributed by atoms with Gasteiger partial charge in [0.1, 0.15) is 63.3 Å². The van der Waals surface area contributed by atoms with E-state index in [0.717, 1.165) is 36.4 Å². The quantitative estimate of drug-likeness (QED) is 0.0645. The van der Waals surface area contributed by atoms with Gasteiger partial charge in [-0.1, -0.05) is 24.3 Å². The number of hydrogen-bond acceptors (Lipinski definition) is 20. The van der Waals surface area contributed by atoms with Crippen LogP contribution in [0, 0.1) is 0 Å². The van der Waals surface area contributed by atoms with Crippen LogP contribution >= 0.6 is 0 Å². The number of fused-ring (bicyclic) bond motifs is 2. The Kier molecular flexibility index (Phi) is 18.9. The maximum Gasteiger partial charge on any atom is 1.00 e. The largest absolute Gasteiger partial charge is 1.00 e. The molecular weight excluding hydrogens is 913 g/mol. The van der Waals surface area contributed by atoms with Crippen LogP contribution < -0.4 is 129 Å². The van der Waals surface area contributed by atoms with Crippen molar-refractivity contribution in [2.75, 3.05) is 10.9 Å². The van der Waals surface area contributed by atoms with E-state index in [1.54, 1.807) is 0 Å². The van der Waals surface area contributed by atoms with Crippen molar-refractivity contribution in [1.29, 1.82) is 0 Å². The van der Waals surface area contributed by atoms with E-state index in [1.807, 2.05) is 0 Å². The molecule has 2 aliphatic rings. The first kappa shape index (κ1) is 54.0. The smallest absolute Gasteiger partial charge is 0.744 e. The summed E-state index contributed by atoms with van der Waals surface area (Å²) >= 11 is 0. The van der Waals surface area contributed by atoms with E-state index >= 15 is 0 Å². The summed E-state index contributed by atoms with van der Waals surface area (Å²) in [7, 11) is -20.8. The summed E-state index contributed by atoms with van der Waals surface area (Å²) in [5, 5.41) is 7.53. The zero-order chi connectivity index (χ0) is 40.8. The molecule has 0 saturated carbocycles. The molecule has 0 atom stereocenters. The number of allylic oxidation sites excluding steroid dienone is 2. The van der Waals surface area contributed by atoms with Crippen molar-refractivity contribution >= 4 is 96.8 Å². The van der Waals surface area contributed by atoms with Crippen molar-refractivity contribution in [2.45, 2.75) is 9.79 Å². The number of nitrogens with one attached hydrogen (secondary N) is 2. The summed E-state index contributed by atoms with van der Waals surface area (Å²) in [5.74, 6) is -1.78. The van der Waals surface area contributed by atoms with Gasteiger partial charge in [0.25, 0.3) is 0 Å². The fraction of sp³-hybridized carbons (Fsp3) is 0. The Bertz CT molecular complexity index is 2830. The molecule has 4 aromatic rings. The number of pyridine rings is 2. The van der Waals surface area contributed by atoms with Crippen LogP contribution in [0.1, 0.15) is 43.2 Å². The van der Waals surface area contributed by atoms with Gasteiger partial charge in [0.2, 0.25) is 11.6 Å². The van der Waals surface area contributed by atoms with E-state index < -0.39 is 94.5 Å². The summed E-state index contributed by atoms with van der Waals surface area (Å²) in [6.07, 6.45) is 5.72. The van der Waals surface area contributed by atoms with Gasteiger partial charge in [0.15, 0.2) is 0 Å². The van der Waals surface area contributed by atoms with Gasteiger partial charge in [-0.15, -0.1) is 0 Å². The third kappa shape index (κ3) is 12.3. The molecule has 288 valence electrons. The minimum absolute atomic E-state index is 0. The zero-order valence-electron chi connectivity index (χ0n) is 31.4. The minimum Gasteiger partial charge on any atom is -0.744 e. The summed E-state index contributed by atoms with van der Waals surface area (Å²) in [4.78, 5) is 30.0. The molecule has 0 unspecified atom stereocenters. The van der Waals surface area contributed by atoms with Crippen molar-refractivity contribution < 1.29 is 180 Å². The predicted octanol–water partition coefficient (Wildman–Crippen LogP) is -10.4. The van der Waals surface area contributed by atoms with Crippen LogP contribution in [0.25, 0.3) is 22.0 Å². The third-order valence-electron chi connectivity index (χ3n) is 7.74. The Morgan fingerprint density at radius 2 is 0.867 bits per heavy atom. The molecule has 2 aromatic heterocycles. The fourth-order valence-corrected chi connectivity index (χ4v) is 8.04. The molecule has 0 amide bonds. The van der Waals surface area contributed by atoms with Gasteiger partial charge in [0, 0.05) is 23.5 Å². The molecule has 0 fully saturated rings. The molecule has 20 nitrogen and oxygen atoms in total. The van der Waals surface area contributed by atoms with Gasteiger partial charge in [-0.25, -0.2) is 33.7 Å². The summed E-state index contributed by atoms with van der Waals surface area (Å²) in [6.45, 7) is 0. The summed E-state index contributed by atoms with van der Waals surface area (Å²) < 4.78 is 144. The SMILES string of the molecule is O=C1/C(=N\Nc2ccc(/C=C/c3ccc(N/N=C4\C=C(S(=O)(=O)[O-])c5cccnc5C4=O)cc3S(=O)(=O)[O-])c(S(=O)(=O)[O-])c2)C=C(S(=O)(=O)[O-])c2cccnc21.[Na+].[Na+].[Na+].[Na+]. The van der Waals surface area contributed by atoms with Crippen LogP contribution in [0.3, 0.4) is 0 Å². The molecule has 0 saturated heterocycles. The Labute approximate surface area is 430 Å². The second-order valence-electron chi connectivity index (χ2n) is 11.3. The molecule has 0 radical (unpaired) electrons. The standard InChI is InChI=1S/C32H22N6O14S4.4Na/c39-31-23(15-27(55(47,48)49)21-3-1-11-33-29(21)31)37-35-19-9-7-17(25(13-19)53(41,42)43)5-6-18-8-10-20(14-26(18)54(44,45)46)36-38-24-16-28(56(50,51)52)22-4-2-12-34-30(22)32(24)40;;;;/h1-16,35-36H,(H,41,42,43)(H,44,45,46)(H,47,48,49)(H,50,51,52);;;;/q;4*+1/p-4/b6-5+,37-23-,38-24+;;;;. The van der Waals surface area contributed by atoms with Crippen molar-refractivity contribution in [3.8, 4) is 0 Å². The predicted molar refractivity (Wildman–Crippen MR) is 192 cm³/mol. The van der Waals surface area contributed by atoms with E-state index in [4.69, 9.17) is 0 Å².